The van der Waals surface area contributed by atoms with Crippen molar-refractivity contribution < 1.29 is 57.5 Å². The van der Waals surface area contributed by atoms with Gasteiger partial charge in [-0.15, -0.1) is 0 Å². The maximum absolute atomic E-state index is 13.0. The predicted octanol–water partition coefficient (Wildman–Crippen LogP) is 0.760. The Kier molecular flexibility index (Phi) is 7.45. The third-order valence-corrected chi connectivity index (χ3v) is 4.99. The first kappa shape index (κ1) is 25.9. The van der Waals surface area contributed by atoms with Crippen molar-refractivity contribution in [2.45, 2.75) is 9.79 Å². The summed E-state index contributed by atoms with van der Waals surface area (Å²) in [6.07, 6.45) is 0. The summed E-state index contributed by atoms with van der Waals surface area (Å²) in [6, 6.07) is 0.458. The van der Waals surface area contributed by atoms with Crippen molar-refractivity contribution in [3.05, 3.63) is 58.4 Å². The fraction of sp³-hybridized carbons (Fsp3) is 0. The van der Waals surface area contributed by atoms with E-state index in [0.717, 1.165) is 0 Å². The van der Waals surface area contributed by atoms with Crippen molar-refractivity contribution in [1.29, 1.82) is 0 Å². The zero-order valence-electron chi connectivity index (χ0n) is 14.4. The summed E-state index contributed by atoms with van der Waals surface area (Å²) in [4.78, 5) is 18.9. The molecule has 31 heavy (non-hydrogen) atoms. The highest BCUT2D eigenvalue weighted by atomic mass is 32.2. The predicted molar refractivity (Wildman–Crippen MR) is 89.3 cm³/mol. The lowest BCUT2D eigenvalue weighted by molar-refractivity contribution is 0.0985. The van der Waals surface area contributed by atoms with Crippen LogP contribution < -0.4 is 11.5 Å². The Labute approximate surface area is 169 Å². The Morgan fingerprint density at radius 1 is 0.677 bits per heavy atom. The van der Waals surface area contributed by atoms with Crippen LogP contribution in [-0.4, -0.2) is 37.8 Å². The number of hydrogen-bond acceptors (Lipinski definition) is 6. The molecule has 2 aromatic rings. The third kappa shape index (κ3) is 5.94. The van der Waals surface area contributed by atoms with Crippen LogP contribution in [0.1, 0.15) is 20.7 Å². The maximum atomic E-state index is 13.0. The summed E-state index contributed by atoms with van der Waals surface area (Å²) in [6.45, 7) is 0. The Morgan fingerprint density at radius 2 is 1.10 bits per heavy atom. The van der Waals surface area contributed by atoms with E-state index >= 15 is 0 Å². The topological polar surface area (TPSA) is 195 Å². The summed E-state index contributed by atoms with van der Waals surface area (Å²) in [5.74, 6) is -11.9. The number of carbonyl (C=O) groups excluding carboxylic acids is 2. The molecular formula is C14H9F5N2O8S2. The van der Waals surface area contributed by atoms with E-state index in [4.69, 9.17) is 14.8 Å². The molecule has 0 radical (unpaired) electrons. The molecule has 0 aromatic heterocycles. The van der Waals surface area contributed by atoms with Gasteiger partial charge in [0.2, 0.25) is 5.91 Å². The molecule has 17 heteroatoms. The van der Waals surface area contributed by atoms with Crippen molar-refractivity contribution in [3.8, 4) is 0 Å². The average Bonchev–Trinajstić information content (AvgIpc) is 2.59. The van der Waals surface area contributed by atoms with Gasteiger partial charge in [0, 0.05) is 0 Å². The maximum Gasteiger partial charge on any atom is 0.295 e. The van der Waals surface area contributed by atoms with Gasteiger partial charge >= 0.3 is 0 Å². The number of carbonyl (C=O) groups is 2. The molecule has 0 spiro atoms. The van der Waals surface area contributed by atoms with Gasteiger partial charge in [-0.1, -0.05) is 0 Å². The van der Waals surface area contributed by atoms with Crippen LogP contribution in [0.2, 0.25) is 0 Å². The lowest BCUT2D eigenvalue weighted by atomic mass is 10.2. The summed E-state index contributed by atoms with van der Waals surface area (Å²) >= 11 is 0. The molecule has 0 aliphatic carbocycles. The highest BCUT2D eigenvalue weighted by Gasteiger charge is 2.28. The van der Waals surface area contributed by atoms with Gasteiger partial charge in [0.1, 0.15) is 9.79 Å². The molecular weight excluding hydrogens is 483 g/mol. The zero-order valence-corrected chi connectivity index (χ0v) is 16.1. The molecule has 0 atom stereocenters. The van der Waals surface area contributed by atoms with Crippen LogP contribution in [0.25, 0.3) is 0 Å². The van der Waals surface area contributed by atoms with Gasteiger partial charge in [0.25, 0.3) is 26.1 Å². The molecule has 0 aliphatic rings. The van der Waals surface area contributed by atoms with Crippen LogP contribution in [0.5, 0.6) is 0 Å². The molecule has 6 N–H and O–H groups in total. The van der Waals surface area contributed by atoms with Crippen LogP contribution in [0.4, 0.5) is 22.0 Å². The number of nitrogens with two attached hydrogens (primary N) is 2. The van der Waals surface area contributed by atoms with Crippen LogP contribution in [0, 0.1) is 29.1 Å². The summed E-state index contributed by atoms with van der Waals surface area (Å²) in [7, 11) is -9.91. The Hall–Kier alpha value is -3.15. The second-order valence-corrected chi connectivity index (χ2v) is 8.08. The van der Waals surface area contributed by atoms with E-state index in [0.29, 0.717) is 6.07 Å². The smallest absolute Gasteiger partial charge is 0.295 e. The normalized spacial score (nSPS) is 11.5. The fourth-order valence-corrected chi connectivity index (χ4v) is 3.33. The largest absolute Gasteiger partial charge is 0.366 e. The molecule has 0 saturated heterocycles. The summed E-state index contributed by atoms with van der Waals surface area (Å²) in [5.41, 5.74) is 7.08. The average molecular weight is 492 g/mol. The number of primary amides is 2. The quantitative estimate of drug-likeness (QED) is 0.273. The minimum Gasteiger partial charge on any atom is -0.366 e. The molecule has 0 unspecified atom stereocenters. The number of amides is 2. The van der Waals surface area contributed by atoms with E-state index in [2.05, 4.69) is 5.73 Å². The van der Waals surface area contributed by atoms with Crippen LogP contribution in [0.15, 0.2) is 28.0 Å². The van der Waals surface area contributed by atoms with E-state index in [1.54, 1.807) is 0 Å². The molecule has 0 aliphatic heterocycles. The molecule has 0 bridgehead atoms. The molecule has 0 saturated carbocycles. The Balaban J connectivity index is 0.000000311. The van der Waals surface area contributed by atoms with Gasteiger partial charge in [-0.05, 0) is 18.2 Å². The van der Waals surface area contributed by atoms with E-state index in [-0.39, 0.29) is 12.1 Å². The lowest BCUT2D eigenvalue weighted by Crippen LogP contribution is -2.20. The lowest BCUT2D eigenvalue weighted by Gasteiger charge is -2.06. The van der Waals surface area contributed by atoms with Crippen LogP contribution in [-0.2, 0) is 20.2 Å². The van der Waals surface area contributed by atoms with Gasteiger partial charge in [0.05, 0.1) is 11.1 Å². The highest BCUT2D eigenvalue weighted by Crippen LogP contribution is 2.23. The minimum absolute atomic E-state index is 0.0339. The first-order valence-electron chi connectivity index (χ1n) is 7.10. The van der Waals surface area contributed by atoms with Crippen molar-refractivity contribution >= 4 is 32.1 Å². The summed E-state index contributed by atoms with van der Waals surface area (Å²) in [5, 5.41) is 0. The molecule has 2 rings (SSSR count). The second-order valence-electron chi connectivity index (χ2n) is 5.30. The van der Waals surface area contributed by atoms with Crippen molar-refractivity contribution in [2.24, 2.45) is 11.5 Å². The monoisotopic (exact) mass is 492 g/mol. The first-order valence-corrected chi connectivity index (χ1v) is 9.98. The fourth-order valence-electron chi connectivity index (χ4n) is 1.94. The van der Waals surface area contributed by atoms with Gasteiger partial charge in [-0.2, -0.15) is 16.8 Å². The number of benzene rings is 2. The van der Waals surface area contributed by atoms with Crippen molar-refractivity contribution in [1.82, 2.24) is 0 Å². The standard InChI is InChI=1S/C7H4F3NO4S.C7H5F2NO4S/c8-2-1-3(16(13,14)15)4(7(11)12)6(10)5(2)9;8-4-1-3(7(10)11)6(2-5(4)9)15(12,13)14/h1H,(H2,11,12)(H,13,14,15);1-2H,(H2,10,11)(H,12,13,14). The van der Waals surface area contributed by atoms with Gasteiger partial charge < -0.3 is 11.5 Å². The zero-order chi connectivity index (χ0) is 24.5. The van der Waals surface area contributed by atoms with E-state index in [9.17, 15) is 48.4 Å². The van der Waals surface area contributed by atoms with Crippen molar-refractivity contribution in [2.75, 3.05) is 0 Å². The molecule has 10 nitrogen and oxygen atoms in total. The van der Waals surface area contributed by atoms with Gasteiger partial charge in [-0.25, -0.2) is 22.0 Å². The van der Waals surface area contributed by atoms with E-state index in [1.807, 2.05) is 0 Å². The van der Waals surface area contributed by atoms with E-state index < -0.39 is 82.1 Å². The number of rotatable bonds is 4. The van der Waals surface area contributed by atoms with Crippen molar-refractivity contribution in [3.63, 3.8) is 0 Å². The summed E-state index contributed by atoms with van der Waals surface area (Å²) < 4.78 is 124. The highest BCUT2D eigenvalue weighted by molar-refractivity contribution is 7.86. The molecule has 170 valence electrons. The Bertz CT molecular complexity index is 1300. The molecule has 0 heterocycles. The number of hydrogen-bond donors (Lipinski definition) is 4. The Morgan fingerprint density at radius 3 is 1.48 bits per heavy atom. The van der Waals surface area contributed by atoms with Gasteiger partial charge in [-0.3, -0.25) is 18.7 Å². The molecule has 2 amide bonds. The number of halogens is 5. The SMILES string of the molecule is NC(=O)c1c(S(=O)(=O)O)cc(F)c(F)c1F.NC(=O)c1cc(F)c(F)cc1S(=O)(=O)O. The first-order chi connectivity index (χ1) is 13.9. The van der Waals surface area contributed by atoms with Crippen LogP contribution >= 0.6 is 0 Å². The van der Waals surface area contributed by atoms with E-state index in [1.165, 1.54) is 0 Å². The molecule has 2 aromatic carbocycles. The third-order valence-electron chi connectivity index (χ3n) is 3.22. The van der Waals surface area contributed by atoms with Gasteiger partial charge in [0.15, 0.2) is 29.1 Å². The van der Waals surface area contributed by atoms with Crippen LogP contribution in [0.3, 0.4) is 0 Å². The molecule has 0 fully saturated rings. The minimum atomic E-state index is -5.09. The second kappa shape index (κ2) is 8.92.